The van der Waals surface area contributed by atoms with Crippen LogP contribution in [0.15, 0.2) is 133 Å². The first-order valence-corrected chi connectivity index (χ1v) is 15.6. The van der Waals surface area contributed by atoms with Gasteiger partial charge in [0, 0.05) is 22.9 Å². The van der Waals surface area contributed by atoms with Gasteiger partial charge in [0.1, 0.15) is 0 Å². The van der Waals surface area contributed by atoms with Gasteiger partial charge in [0.25, 0.3) is 0 Å². The number of fused-ring (bicyclic) bond motifs is 5. The highest BCUT2D eigenvalue weighted by Gasteiger charge is 2.27. The quantitative estimate of drug-likeness (QED) is 0.193. The fourth-order valence-corrected chi connectivity index (χ4v) is 7.40. The Morgan fingerprint density at radius 2 is 1.02 bits per heavy atom. The van der Waals surface area contributed by atoms with Crippen molar-refractivity contribution < 1.29 is 0 Å². The van der Waals surface area contributed by atoms with Crippen molar-refractivity contribution in [1.29, 1.82) is 0 Å². The zero-order valence-corrected chi connectivity index (χ0v) is 25.7. The maximum atomic E-state index is 2.46. The van der Waals surface area contributed by atoms with Crippen molar-refractivity contribution >= 4 is 38.6 Å². The van der Waals surface area contributed by atoms with E-state index in [1.807, 2.05) is 0 Å². The molecule has 7 aromatic carbocycles. The highest BCUT2D eigenvalue weighted by atomic mass is 15.1. The van der Waals surface area contributed by atoms with Gasteiger partial charge in [-0.2, -0.15) is 0 Å². The second-order valence-corrected chi connectivity index (χ2v) is 12.4. The summed E-state index contributed by atoms with van der Waals surface area (Å²) >= 11 is 0. The summed E-state index contributed by atoms with van der Waals surface area (Å²) in [4.78, 5) is 2.46. The Labute approximate surface area is 260 Å². The summed E-state index contributed by atoms with van der Waals surface area (Å²) in [6.45, 7) is 9.02. The zero-order valence-electron chi connectivity index (χ0n) is 25.7. The van der Waals surface area contributed by atoms with E-state index in [1.54, 1.807) is 0 Å². The number of benzene rings is 7. The van der Waals surface area contributed by atoms with Crippen molar-refractivity contribution in [3.63, 3.8) is 0 Å². The van der Waals surface area contributed by atoms with Gasteiger partial charge in [-0.05, 0) is 106 Å². The predicted octanol–water partition coefficient (Wildman–Crippen LogP) is 12.2. The molecule has 0 saturated carbocycles. The topological polar surface area (TPSA) is 3.24 Å². The molecule has 1 nitrogen and oxygen atoms in total. The molecule has 7 aromatic rings. The molecule has 212 valence electrons. The van der Waals surface area contributed by atoms with E-state index < -0.39 is 0 Å². The first-order chi connectivity index (χ1) is 21.5. The van der Waals surface area contributed by atoms with Crippen LogP contribution in [0, 0.1) is 20.8 Å². The highest BCUT2D eigenvalue weighted by Crippen LogP contribution is 2.51. The van der Waals surface area contributed by atoms with Crippen molar-refractivity contribution in [1.82, 2.24) is 0 Å². The summed E-state index contributed by atoms with van der Waals surface area (Å²) in [6, 6.07) is 49.8. The van der Waals surface area contributed by atoms with Crippen LogP contribution >= 0.6 is 0 Å². The summed E-state index contributed by atoms with van der Waals surface area (Å²) in [5, 5.41) is 5.21. The molecule has 1 aliphatic carbocycles. The first-order valence-electron chi connectivity index (χ1n) is 15.6. The SMILES string of the molecule is Cc1ccc(N(c2ccc(C)cc2)c2cc3ccc4cccc5c4c3c(C)c2-c2ccccc2C(C)c2ccccc2-5)cc1. The van der Waals surface area contributed by atoms with Crippen LogP contribution in [0.3, 0.4) is 0 Å². The van der Waals surface area contributed by atoms with Gasteiger partial charge in [-0.1, -0.05) is 121 Å². The lowest BCUT2D eigenvalue weighted by atomic mass is 9.78. The zero-order chi connectivity index (χ0) is 29.9. The fraction of sp³-hybridized carbons (Fsp3) is 0.116. The molecule has 0 fully saturated rings. The number of anilines is 3. The van der Waals surface area contributed by atoms with E-state index in [1.165, 1.54) is 77.3 Å². The van der Waals surface area contributed by atoms with Gasteiger partial charge in [-0.3, -0.25) is 0 Å². The largest absolute Gasteiger partial charge is 0.310 e. The third kappa shape index (κ3) is 4.07. The monoisotopic (exact) mass is 565 g/mol. The molecule has 0 radical (unpaired) electrons. The van der Waals surface area contributed by atoms with Gasteiger partial charge >= 0.3 is 0 Å². The molecule has 0 saturated heterocycles. The second-order valence-electron chi connectivity index (χ2n) is 12.4. The van der Waals surface area contributed by atoms with Crippen molar-refractivity contribution in [3.8, 4) is 22.3 Å². The Morgan fingerprint density at radius 3 is 1.68 bits per heavy atom. The van der Waals surface area contributed by atoms with Gasteiger partial charge in [0.2, 0.25) is 0 Å². The maximum Gasteiger partial charge on any atom is 0.0549 e. The van der Waals surface area contributed by atoms with E-state index >= 15 is 0 Å². The summed E-state index contributed by atoms with van der Waals surface area (Å²) in [7, 11) is 0. The summed E-state index contributed by atoms with van der Waals surface area (Å²) in [5.74, 6) is 0.207. The average Bonchev–Trinajstić information content (AvgIpc) is 3.05. The standard InChI is InChI=1S/C43H35N/c1-27-16-22-33(23-17-27)44(34-24-18-28(2)19-25-34)40-26-32-21-20-31-10-9-15-39-37-13-7-5-11-35(37)29(3)36-12-6-8-14-38(36)42(40)30(4)41(32)43(31)39/h5-26,29H,1-4H3. The molecule has 0 aromatic heterocycles. The number of nitrogens with zero attached hydrogens (tertiary/aromatic N) is 1. The van der Waals surface area contributed by atoms with Crippen LogP contribution in [-0.2, 0) is 0 Å². The van der Waals surface area contributed by atoms with E-state index in [9.17, 15) is 0 Å². The van der Waals surface area contributed by atoms with Crippen LogP contribution in [0.5, 0.6) is 0 Å². The third-order valence-electron chi connectivity index (χ3n) is 9.62. The Hall–Kier alpha value is -5.14. The van der Waals surface area contributed by atoms with E-state index in [-0.39, 0.29) is 5.92 Å². The lowest BCUT2D eigenvalue weighted by Gasteiger charge is -2.32. The van der Waals surface area contributed by atoms with Gasteiger partial charge in [0.15, 0.2) is 0 Å². The normalized spacial score (nSPS) is 13.7. The number of rotatable bonds is 3. The molecule has 1 atom stereocenters. The second kappa shape index (κ2) is 10.2. The molecule has 0 N–H and O–H groups in total. The van der Waals surface area contributed by atoms with Crippen LogP contribution in [-0.4, -0.2) is 0 Å². The van der Waals surface area contributed by atoms with E-state index in [0.29, 0.717) is 0 Å². The Morgan fingerprint density at radius 1 is 0.477 bits per heavy atom. The Bertz CT molecular complexity index is 2160. The van der Waals surface area contributed by atoms with E-state index in [0.717, 1.165) is 11.4 Å². The smallest absolute Gasteiger partial charge is 0.0549 e. The minimum absolute atomic E-state index is 0.207. The summed E-state index contributed by atoms with van der Waals surface area (Å²) in [5.41, 5.74) is 15.3. The van der Waals surface area contributed by atoms with Gasteiger partial charge in [-0.15, -0.1) is 0 Å². The number of hydrogen-bond acceptors (Lipinski definition) is 1. The molecule has 1 aliphatic rings. The van der Waals surface area contributed by atoms with E-state index in [4.69, 9.17) is 0 Å². The Kier molecular flexibility index (Phi) is 6.17. The molecule has 1 heteroatoms. The molecule has 8 rings (SSSR count). The van der Waals surface area contributed by atoms with Crippen LogP contribution in [0.4, 0.5) is 17.1 Å². The molecular formula is C43H35N. The van der Waals surface area contributed by atoms with Crippen molar-refractivity contribution in [3.05, 3.63) is 161 Å². The van der Waals surface area contributed by atoms with Crippen LogP contribution in [0.2, 0.25) is 0 Å². The minimum Gasteiger partial charge on any atom is -0.310 e. The lowest BCUT2D eigenvalue weighted by Crippen LogP contribution is -2.13. The van der Waals surface area contributed by atoms with Gasteiger partial charge < -0.3 is 4.90 Å². The number of aryl methyl sites for hydroxylation is 3. The maximum absolute atomic E-state index is 2.46. The third-order valence-corrected chi connectivity index (χ3v) is 9.62. The molecule has 1 unspecified atom stereocenters. The van der Waals surface area contributed by atoms with Crippen molar-refractivity contribution in [2.75, 3.05) is 4.90 Å². The molecular weight excluding hydrogens is 530 g/mol. The van der Waals surface area contributed by atoms with Gasteiger partial charge in [0.05, 0.1) is 5.69 Å². The highest BCUT2D eigenvalue weighted by molar-refractivity contribution is 6.19. The van der Waals surface area contributed by atoms with Gasteiger partial charge in [-0.25, -0.2) is 0 Å². The molecule has 0 aliphatic heterocycles. The molecule has 2 bridgehead atoms. The minimum atomic E-state index is 0.207. The number of hydrogen-bond donors (Lipinski definition) is 0. The van der Waals surface area contributed by atoms with Crippen LogP contribution in [0.1, 0.15) is 40.7 Å². The molecule has 0 heterocycles. The fourth-order valence-electron chi connectivity index (χ4n) is 7.40. The average molecular weight is 566 g/mol. The first kappa shape index (κ1) is 26.5. The Balaban J connectivity index is 1.58. The van der Waals surface area contributed by atoms with Crippen molar-refractivity contribution in [2.45, 2.75) is 33.6 Å². The summed E-state index contributed by atoms with van der Waals surface area (Å²) in [6.07, 6.45) is 0. The van der Waals surface area contributed by atoms with E-state index in [2.05, 4.69) is 166 Å². The molecule has 44 heavy (non-hydrogen) atoms. The lowest BCUT2D eigenvalue weighted by molar-refractivity contribution is 0.927. The van der Waals surface area contributed by atoms with Crippen LogP contribution in [0.25, 0.3) is 43.8 Å². The summed E-state index contributed by atoms with van der Waals surface area (Å²) < 4.78 is 0. The molecule has 0 amide bonds. The predicted molar refractivity (Wildman–Crippen MR) is 189 cm³/mol. The van der Waals surface area contributed by atoms with Crippen molar-refractivity contribution in [2.24, 2.45) is 0 Å². The molecule has 0 spiro atoms. The van der Waals surface area contributed by atoms with Crippen LogP contribution < -0.4 is 4.90 Å².